The number of unbranched alkanes of at least 4 members (excludes halogenated alkanes) is 3. The van der Waals surface area contributed by atoms with Crippen LogP contribution in [0.2, 0.25) is 0 Å². The zero-order chi connectivity index (χ0) is 30.1. The lowest BCUT2D eigenvalue weighted by Gasteiger charge is -2.23. The van der Waals surface area contributed by atoms with Gasteiger partial charge in [0.25, 0.3) is 0 Å². The van der Waals surface area contributed by atoms with Crippen LogP contribution in [-0.2, 0) is 9.47 Å². The molecule has 42 heavy (non-hydrogen) atoms. The van der Waals surface area contributed by atoms with Gasteiger partial charge in [-0.25, -0.2) is 48.7 Å². The lowest BCUT2D eigenvalue weighted by Crippen LogP contribution is -2.49. The predicted octanol–water partition coefficient (Wildman–Crippen LogP) is 4.70. The van der Waals surface area contributed by atoms with Crippen LogP contribution < -0.4 is 16.1 Å². The Morgan fingerprint density at radius 2 is 1.60 bits per heavy atom. The van der Waals surface area contributed by atoms with E-state index in [9.17, 15) is 19.2 Å². The second-order valence-corrected chi connectivity index (χ2v) is 9.63. The molecule has 2 heterocycles. The molecule has 0 atom stereocenters. The van der Waals surface area contributed by atoms with Gasteiger partial charge in [-0.3, -0.25) is 5.32 Å². The quantitative estimate of drug-likeness (QED) is 0.190. The first-order valence-corrected chi connectivity index (χ1v) is 13.6. The van der Waals surface area contributed by atoms with E-state index in [0.29, 0.717) is 41.5 Å². The van der Waals surface area contributed by atoms with Crippen LogP contribution in [-0.4, -0.2) is 74.7 Å². The second-order valence-electron chi connectivity index (χ2n) is 9.63. The van der Waals surface area contributed by atoms with E-state index in [2.05, 4.69) is 30.8 Å². The maximum Gasteiger partial charge on any atom is 0.426 e. The topological polar surface area (TPSA) is 162 Å². The Morgan fingerprint density at radius 1 is 0.905 bits per heavy atom. The van der Waals surface area contributed by atoms with Crippen LogP contribution in [0.3, 0.4) is 0 Å². The molecular formula is C28H34N8O6. The number of aromatic nitrogens is 4. The predicted molar refractivity (Wildman–Crippen MR) is 155 cm³/mol. The highest BCUT2D eigenvalue weighted by Crippen LogP contribution is 2.19. The number of amides is 4. The molecule has 0 aliphatic carbocycles. The van der Waals surface area contributed by atoms with E-state index in [1.807, 2.05) is 12.1 Å². The number of imidazole rings is 2. The number of methoxy groups -OCH3 is 1. The van der Waals surface area contributed by atoms with E-state index in [1.54, 1.807) is 50.2 Å². The smallest absolute Gasteiger partial charge is 0.426 e. The van der Waals surface area contributed by atoms with Crippen LogP contribution in [0.25, 0.3) is 22.1 Å². The Balaban J connectivity index is 1.29. The lowest BCUT2D eigenvalue weighted by molar-refractivity contribution is 0.0889. The fourth-order valence-corrected chi connectivity index (χ4v) is 4.27. The Kier molecular flexibility index (Phi) is 9.92. The molecule has 4 aromatic rings. The third-order valence-electron chi connectivity index (χ3n) is 6.21. The van der Waals surface area contributed by atoms with Crippen molar-refractivity contribution < 1.29 is 28.7 Å². The van der Waals surface area contributed by atoms with Gasteiger partial charge in [0.2, 0.25) is 5.95 Å². The van der Waals surface area contributed by atoms with Gasteiger partial charge < -0.3 is 14.8 Å². The first kappa shape index (κ1) is 29.8. The van der Waals surface area contributed by atoms with E-state index in [0.717, 1.165) is 12.8 Å². The number of anilines is 1. The maximum absolute atomic E-state index is 13.3. The number of carbonyl (C=O) groups excluding carboxylic acids is 4. The summed E-state index contributed by atoms with van der Waals surface area (Å²) in [5.74, 6) is 0.0551. The molecule has 4 rings (SSSR count). The Hall–Kier alpha value is -5.14. The highest BCUT2D eigenvalue weighted by Gasteiger charge is 2.21. The fraction of sp³-hybridized carbons (Fsp3) is 0.357. The van der Waals surface area contributed by atoms with Crippen molar-refractivity contribution in [2.75, 3.05) is 25.5 Å². The number of nitrogens with zero attached hydrogens (tertiary/aromatic N) is 5. The number of hydrogen-bond acceptors (Lipinski definition) is 8. The molecule has 0 aliphatic heterocycles. The van der Waals surface area contributed by atoms with Gasteiger partial charge in [-0.1, -0.05) is 37.1 Å². The molecule has 2 aromatic carbocycles. The Labute approximate surface area is 241 Å². The third kappa shape index (κ3) is 7.33. The molecule has 3 N–H and O–H groups in total. The molecule has 0 radical (unpaired) electrons. The van der Waals surface area contributed by atoms with E-state index in [-0.39, 0.29) is 18.6 Å². The summed E-state index contributed by atoms with van der Waals surface area (Å²) < 4.78 is 12.5. The molecule has 14 heteroatoms. The van der Waals surface area contributed by atoms with Gasteiger partial charge in [0, 0.05) is 13.1 Å². The third-order valence-corrected chi connectivity index (χ3v) is 6.21. The van der Waals surface area contributed by atoms with E-state index >= 15 is 0 Å². The van der Waals surface area contributed by atoms with Gasteiger partial charge in [0.05, 0.1) is 35.3 Å². The Morgan fingerprint density at radius 3 is 2.33 bits per heavy atom. The standard InChI is InChI=1S/C28H34N8O6/c1-19(2)42-27(39)33-35(28(40)34-18-30-20-12-6-8-14-22(20)34)17-11-5-4-10-16-29-25(37)36-23-15-9-7-13-21(23)31-24(36)32-26(38)41-3/h6-9,12-15,18-19H,4-5,10-11,16-17H2,1-3H3,(H,29,37)(H,33,39)(H,31,32,38). The summed E-state index contributed by atoms with van der Waals surface area (Å²) in [5.41, 5.74) is 4.92. The Bertz CT molecular complexity index is 1560. The number of hydrogen-bond donors (Lipinski definition) is 3. The van der Waals surface area contributed by atoms with Crippen LogP contribution in [0.4, 0.5) is 25.1 Å². The molecule has 14 nitrogen and oxygen atoms in total. The fourth-order valence-electron chi connectivity index (χ4n) is 4.27. The van der Waals surface area contributed by atoms with Gasteiger partial charge >= 0.3 is 24.2 Å². The summed E-state index contributed by atoms with van der Waals surface area (Å²) in [6.45, 7) is 4.07. The van der Waals surface area contributed by atoms with Crippen molar-refractivity contribution in [3.63, 3.8) is 0 Å². The van der Waals surface area contributed by atoms with Gasteiger partial charge in [-0.15, -0.1) is 0 Å². The SMILES string of the molecule is COC(=O)Nc1nc2ccccc2n1C(=O)NCCCCCCN(NC(=O)OC(C)C)C(=O)n1cnc2ccccc21. The number of para-hydroxylation sites is 4. The largest absolute Gasteiger partial charge is 0.453 e. The van der Waals surface area contributed by atoms with E-state index < -0.39 is 24.2 Å². The number of rotatable bonds is 9. The summed E-state index contributed by atoms with van der Waals surface area (Å²) in [4.78, 5) is 58.8. The van der Waals surface area contributed by atoms with Crippen molar-refractivity contribution in [2.45, 2.75) is 45.6 Å². The monoisotopic (exact) mass is 578 g/mol. The van der Waals surface area contributed by atoms with Crippen molar-refractivity contribution in [1.82, 2.24) is 34.9 Å². The summed E-state index contributed by atoms with van der Waals surface area (Å²) in [7, 11) is 1.23. The van der Waals surface area contributed by atoms with Crippen molar-refractivity contribution in [1.29, 1.82) is 0 Å². The van der Waals surface area contributed by atoms with Crippen LogP contribution in [0.1, 0.15) is 39.5 Å². The number of fused-ring (bicyclic) bond motifs is 2. The molecule has 0 bridgehead atoms. The summed E-state index contributed by atoms with van der Waals surface area (Å²) in [6, 6.07) is 13.4. The number of hydrazine groups is 1. The van der Waals surface area contributed by atoms with E-state index in [1.165, 1.54) is 27.6 Å². The van der Waals surface area contributed by atoms with Crippen molar-refractivity contribution in [3.8, 4) is 0 Å². The number of ether oxygens (including phenoxy) is 2. The zero-order valence-electron chi connectivity index (χ0n) is 23.7. The van der Waals surface area contributed by atoms with Crippen molar-refractivity contribution in [3.05, 3.63) is 54.9 Å². The number of benzene rings is 2. The van der Waals surface area contributed by atoms with Crippen LogP contribution in [0.5, 0.6) is 0 Å². The second kappa shape index (κ2) is 14.0. The molecular weight excluding hydrogens is 544 g/mol. The summed E-state index contributed by atoms with van der Waals surface area (Å²) >= 11 is 0. The minimum absolute atomic E-state index is 0.0551. The summed E-state index contributed by atoms with van der Waals surface area (Å²) in [6.07, 6.45) is 2.36. The van der Waals surface area contributed by atoms with Crippen LogP contribution in [0, 0.1) is 0 Å². The molecule has 222 valence electrons. The van der Waals surface area contributed by atoms with Crippen LogP contribution in [0.15, 0.2) is 54.9 Å². The van der Waals surface area contributed by atoms with Gasteiger partial charge in [-0.05, 0) is 51.0 Å². The molecule has 2 aromatic heterocycles. The average Bonchev–Trinajstić information content (AvgIpc) is 3.56. The molecule has 0 saturated carbocycles. The molecule has 0 unspecified atom stereocenters. The minimum Gasteiger partial charge on any atom is -0.453 e. The van der Waals surface area contributed by atoms with Crippen molar-refractivity contribution in [2.24, 2.45) is 0 Å². The molecule has 0 aliphatic rings. The molecule has 4 amide bonds. The molecule has 0 fully saturated rings. The highest BCUT2D eigenvalue weighted by atomic mass is 16.6. The highest BCUT2D eigenvalue weighted by molar-refractivity contribution is 5.96. The molecule has 0 spiro atoms. The first-order chi connectivity index (χ1) is 20.3. The van der Waals surface area contributed by atoms with Gasteiger partial charge in [0.15, 0.2) is 0 Å². The zero-order valence-corrected chi connectivity index (χ0v) is 23.7. The number of nitrogens with one attached hydrogen (secondary N) is 3. The normalized spacial score (nSPS) is 11.0. The van der Waals surface area contributed by atoms with Gasteiger partial charge in [0.1, 0.15) is 6.33 Å². The van der Waals surface area contributed by atoms with Crippen molar-refractivity contribution >= 4 is 52.3 Å². The minimum atomic E-state index is -0.736. The average molecular weight is 579 g/mol. The summed E-state index contributed by atoms with van der Waals surface area (Å²) in [5, 5.41) is 6.54. The van der Waals surface area contributed by atoms with E-state index in [4.69, 9.17) is 4.74 Å². The maximum atomic E-state index is 13.3. The van der Waals surface area contributed by atoms with Gasteiger partial charge in [-0.2, -0.15) is 0 Å². The number of carbonyl (C=O) groups is 4. The molecule has 0 saturated heterocycles. The lowest BCUT2D eigenvalue weighted by atomic mass is 10.2. The van der Waals surface area contributed by atoms with Crippen LogP contribution >= 0.6 is 0 Å². The first-order valence-electron chi connectivity index (χ1n) is 13.6.